The van der Waals surface area contributed by atoms with Gasteiger partial charge in [-0.15, -0.1) is 11.3 Å². The molecule has 0 saturated carbocycles. The first-order chi connectivity index (χ1) is 7.31. The molecule has 1 aliphatic heterocycles. The summed E-state index contributed by atoms with van der Waals surface area (Å²) in [6.45, 7) is 2.27. The maximum atomic E-state index is 11.8. The molecule has 1 aromatic rings. The van der Waals surface area contributed by atoms with E-state index in [-0.39, 0.29) is 5.91 Å². The number of nitrogens with zero attached hydrogens (tertiary/aromatic N) is 1. The minimum Gasteiger partial charge on any atom is -0.338 e. The fourth-order valence-corrected chi connectivity index (χ4v) is 2.76. The molecule has 1 aliphatic rings. The van der Waals surface area contributed by atoms with E-state index in [0.717, 1.165) is 25.9 Å². The lowest BCUT2D eigenvalue weighted by Gasteiger charge is -2.27. The van der Waals surface area contributed by atoms with Gasteiger partial charge in [-0.2, -0.15) is 0 Å². The summed E-state index contributed by atoms with van der Waals surface area (Å²) < 4.78 is 0. The molecule has 0 spiro atoms. The maximum absolute atomic E-state index is 11.8. The van der Waals surface area contributed by atoms with Crippen molar-refractivity contribution >= 4 is 17.2 Å². The highest BCUT2D eigenvalue weighted by atomic mass is 32.1. The average molecular weight is 224 g/mol. The van der Waals surface area contributed by atoms with Crippen molar-refractivity contribution in [3.05, 3.63) is 21.9 Å². The SMILES string of the molecule is NCCCC(=O)N1CCc2sccc2C1. The van der Waals surface area contributed by atoms with Crippen LogP contribution in [0.15, 0.2) is 11.4 Å². The number of carbonyl (C=O) groups is 1. The summed E-state index contributed by atoms with van der Waals surface area (Å²) in [7, 11) is 0. The first-order valence-corrected chi connectivity index (χ1v) is 6.22. The van der Waals surface area contributed by atoms with Gasteiger partial charge in [-0.3, -0.25) is 4.79 Å². The molecule has 0 radical (unpaired) electrons. The number of rotatable bonds is 3. The van der Waals surface area contributed by atoms with Crippen LogP contribution in [0.4, 0.5) is 0 Å². The minimum absolute atomic E-state index is 0.248. The van der Waals surface area contributed by atoms with Crippen LogP contribution in [0.3, 0.4) is 0 Å². The zero-order valence-corrected chi connectivity index (χ0v) is 9.55. The van der Waals surface area contributed by atoms with Crippen molar-refractivity contribution < 1.29 is 4.79 Å². The van der Waals surface area contributed by atoms with E-state index in [4.69, 9.17) is 5.73 Å². The second-order valence-corrected chi connectivity index (χ2v) is 4.83. The standard InChI is InChI=1S/C11H16N2OS/c12-5-1-2-11(14)13-6-3-10-9(8-13)4-7-15-10/h4,7H,1-3,5-6,8,12H2. The zero-order chi connectivity index (χ0) is 10.7. The van der Waals surface area contributed by atoms with Crippen LogP contribution < -0.4 is 5.73 Å². The number of hydrogen-bond donors (Lipinski definition) is 1. The van der Waals surface area contributed by atoms with E-state index in [0.29, 0.717) is 13.0 Å². The Kier molecular flexibility index (Phi) is 3.38. The van der Waals surface area contributed by atoms with Gasteiger partial charge in [0, 0.05) is 24.4 Å². The molecule has 0 bridgehead atoms. The van der Waals surface area contributed by atoms with Crippen LogP contribution in [0, 0.1) is 0 Å². The average Bonchev–Trinajstić information content (AvgIpc) is 2.72. The van der Waals surface area contributed by atoms with Crippen LogP contribution >= 0.6 is 11.3 Å². The number of fused-ring (bicyclic) bond motifs is 1. The minimum atomic E-state index is 0.248. The lowest BCUT2D eigenvalue weighted by molar-refractivity contribution is -0.132. The molecule has 1 aromatic heterocycles. The fraction of sp³-hybridized carbons (Fsp3) is 0.545. The van der Waals surface area contributed by atoms with Crippen molar-refractivity contribution in [2.24, 2.45) is 5.73 Å². The molecule has 2 heterocycles. The first kappa shape index (κ1) is 10.6. The molecule has 1 amide bonds. The van der Waals surface area contributed by atoms with Crippen molar-refractivity contribution in [1.82, 2.24) is 4.90 Å². The molecule has 0 unspecified atom stereocenters. The van der Waals surface area contributed by atoms with Crippen molar-refractivity contribution in [3.63, 3.8) is 0 Å². The molecule has 15 heavy (non-hydrogen) atoms. The van der Waals surface area contributed by atoms with E-state index in [1.165, 1.54) is 10.4 Å². The van der Waals surface area contributed by atoms with Crippen molar-refractivity contribution in [2.45, 2.75) is 25.8 Å². The van der Waals surface area contributed by atoms with Crippen molar-refractivity contribution in [2.75, 3.05) is 13.1 Å². The van der Waals surface area contributed by atoms with Crippen LogP contribution in [0.25, 0.3) is 0 Å². The third-order valence-electron chi connectivity index (χ3n) is 2.76. The van der Waals surface area contributed by atoms with Gasteiger partial charge in [0.2, 0.25) is 5.91 Å². The van der Waals surface area contributed by atoms with Gasteiger partial charge in [0.25, 0.3) is 0 Å². The molecule has 3 nitrogen and oxygen atoms in total. The van der Waals surface area contributed by atoms with Crippen molar-refractivity contribution in [1.29, 1.82) is 0 Å². The topological polar surface area (TPSA) is 46.3 Å². The highest BCUT2D eigenvalue weighted by Gasteiger charge is 2.20. The molecule has 0 saturated heterocycles. The highest BCUT2D eigenvalue weighted by Crippen LogP contribution is 2.24. The molecule has 82 valence electrons. The number of nitrogens with two attached hydrogens (primary N) is 1. The molecule has 0 fully saturated rings. The Morgan fingerprint density at radius 1 is 1.60 bits per heavy atom. The second-order valence-electron chi connectivity index (χ2n) is 3.83. The maximum Gasteiger partial charge on any atom is 0.222 e. The van der Waals surface area contributed by atoms with Crippen LogP contribution in [0.2, 0.25) is 0 Å². The first-order valence-electron chi connectivity index (χ1n) is 5.34. The Bertz CT molecular complexity index is 348. The van der Waals surface area contributed by atoms with Gasteiger partial charge in [0.15, 0.2) is 0 Å². The largest absolute Gasteiger partial charge is 0.338 e. The highest BCUT2D eigenvalue weighted by molar-refractivity contribution is 7.10. The lowest BCUT2D eigenvalue weighted by Crippen LogP contribution is -2.35. The summed E-state index contributed by atoms with van der Waals surface area (Å²) >= 11 is 1.80. The van der Waals surface area contributed by atoms with E-state index < -0.39 is 0 Å². The summed E-state index contributed by atoms with van der Waals surface area (Å²) in [5.41, 5.74) is 6.72. The molecule has 2 N–H and O–H groups in total. The van der Waals surface area contributed by atoms with Gasteiger partial charge in [-0.25, -0.2) is 0 Å². The Morgan fingerprint density at radius 3 is 3.27 bits per heavy atom. The molecule has 0 atom stereocenters. The van der Waals surface area contributed by atoms with Crippen LogP contribution in [-0.2, 0) is 17.8 Å². The fourth-order valence-electron chi connectivity index (χ4n) is 1.87. The third-order valence-corrected chi connectivity index (χ3v) is 3.78. The van der Waals surface area contributed by atoms with E-state index in [2.05, 4.69) is 11.4 Å². The predicted octanol–water partition coefficient (Wildman–Crippen LogP) is 1.37. The van der Waals surface area contributed by atoms with Crippen LogP contribution in [-0.4, -0.2) is 23.9 Å². The summed E-state index contributed by atoms with van der Waals surface area (Å²) in [4.78, 5) is 15.2. The van der Waals surface area contributed by atoms with Gasteiger partial charge in [0.1, 0.15) is 0 Å². The zero-order valence-electron chi connectivity index (χ0n) is 8.74. The molecular formula is C11H16N2OS. The molecule has 0 aliphatic carbocycles. The molecule has 0 aromatic carbocycles. The third kappa shape index (κ3) is 2.38. The lowest BCUT2D eigenvalue weighted by atomic mass is 10.1. The van der Waals surface area contributed by atoms with E-state index >= 15 is 0 Å². The van der Waals surface area contributed by atoms with Gasteiger partial charge in [-0.1, -0.05) is 0 Å². The van der Waals surface area contributed by atoms with Crippen LogP contribution in [0.1, 0.15) is 23.3 Å². The molecule has 4 heteroatoms. The normalized spacial score (nSPS) is 15.1. The summed E-state index contributed by atoms with van der Waals surface area (Å²) in [6.07, 6.45) is 2.41. The monoisotopic (exact) mass is 224 g/mol. The number of thiophene rings is 1. The Hall–Kier alpha value is -0.870. The summed E-state index contributed by atoms with van der Waals surface area (Å²) in [5.74, 6) is 0.248. The molecular weight excluding hydrogens is 208 g/mol. The summed E-state index contributed by atoms with van der Waals surface area (Å²) in [5, 5.41) is 2.11. The van der Waals surface area contributed by atoms with E-state index in [9.17, 15) is 4.79 Å². The van der Waals surface area contributed by atoms with Gasteiger partial charge in [0.05, 0.1) is 0 Å². The number of hydrogen-bond acceptors (Lipinski definition) is 3. The number of carbonyl (C=O) groups excluding carboxylic acids is 1. The Labute approximate surface area is 93.9 Å². The van der Waals surface area contributed by atoms with Gasteiger partial charge in [-0.05, 0) is 36.4 Å². The Morgan fingerprint density at radius 2 is 2.47 bits per heavy atom. The summed E-state index contributed by atoms with van der Waals surface area (Å²) in [6, 6.07) is 2.13. The smallest absolute Gasteiger partial charge is 0.222 e. The second kappa shape index (κ2) is 4.77. The van der Waals surface area contributed by atoms with Crippen LogP contribution in [0.5, 0.6) is 0 Å². The molecule has 2 rings (SSSR count). The Balaban J connectivity index is 1.94. The van der Waals surface area contributed by atoms with E-state index in [1.54, 1.807) is 11.3 Å². The number of amides is 1. The van der Waals surface area contributed by atoms with Crippen molar-refractivity contribution in [3.8, 4) is 0 Å². The van der Waals surface area contributed by atoms with Gasteiger partial charge >= 0.3 is 0 Å². The van der Waals surface area contributed by atoms with E-state index in [1.807, 2.05) is 4.90 Å². The van der Waals surface area contributed by atoms with Gasteiger partial charge < -0.3 is 10.6 Å². The quantitative estimate of drug-likeness (QED) is 0.843. The predicted molar refractivity (Wildman–Crippen MR) is 61.7 cm³/mol.